The summed E-state index contributed by atoms with van der Waals surface area (Å²) in [6.45, 7) is 5.22. The van der Waals surface area contributed by atoms with Crippen molar-refractivity contribution in [2.75, 3.05) is 6.54 Å². The van der Waals surface area contributed by atoms with Gasteiger partial charge in [0.1, 0.15) is 11.6 Å². The lowest BCUT2D eigenvalue weighted by molar-refractivity contribution is 0.206. The average Bonchev–Trinajstić information content (AvgIpc) is 2.49. The van der Waals surface area contributed by atoms with Crippen LogP contribution in [-0.4, -0.2) is 6.54 Å². The van der Waals surface area contributed by atoms with E-state index in [1.807, 2.05) is 0 Å². The number of benzene rings is 1. The van der Waals surface area contributed by atoms with Crippen molar-refractivity contribution in [2.45, 2.75) is 58.4 Å². The molecule has 0 amide bonds. The van der Waals surface area contributed by atoms with Gasteiger partial charge in [-0.3, -0.25) is 0 Å². The van der Waals surface area contributed by atoms with Crippen LogP contribution in [0.4, 0.5) is 8.78 Å². The fourth-order valence-electron chi connectivity index (χ4n) is 3.59. The molecule has 2 rings (SSSR count). The summed E-state index contributed by atoms with van der Waals surface area (Å²) in [6, 6.07) is 4.02. The maximum absolute atomic E-state index is 14.2. The second kappa shape index (κ2) is 7.88. The van der Waals surface area contributed by atoms with Gasteiger partial charge < -0.3 is 5.32 Å². The summed E-state index contributed by atoms with van der Waals surface area (Å²) < 4.78 is 27.3. The third-order valence-electron chi connectivity index (χ3n) is 4.78. The zero-order valence-corrected chi connectivity index (χ0v) is 13.2. The second-order valence-electron chi connectivity index (χ2n) is 6.30. The molecule has 0 saturated heterocycles. The van der Waals surface area contributed by atoms with Crippen molar-refractivity contribution < 1.29 is 8.78 Å². The van der Waals surface area contributed by atoms with Crippen LogP contribution in [0.25, 0.3) is 0 Å². The molecular formula is C18H27F2N. The molecule has 118 valence electrons. The van der Waals surface area contributed by atoms with Gasteiger partial charge in [-0.05, 0) is 43.7 Å². The Labute approximate surface area is 127 Å². The van der Waals surface area contributed by atoms with Gasteiger partial charge in [0.05, 0.1) is 0 Å². The maximum atomic E-state index is 14.2. The van der Waals surface area contributed by atoms with E-state index >= 15 is 0 Å². The Morgan fingerprint density at radius 2 is 2.05 bits per heavy atom. The molecule has 0 radical (unpaired) electrons. The molecule has 0 heterocycles. The van der Waals surface area contributed by atoms with Gasteiger partial charge >= 0.3 is 0 Å². The van der Waals surface area contributed by atoms with E-state index in [2.05, 4.69) is 19.2 Å². The molecule has 1 nitrogen and oxygen atoms in total. The Kier molecular flexibility index (Phi) is 6.16. The standard InChI is InChI=1S/C18H27F2N/c1-3-10-21-18(14-7-5-6-13(4-2)11-14)16-9-8-15(19)12-17(16)20/h8-9,12-14,18,21H,3-7,10-11H2,1-2H3. The highest BCUT2D eigenvalue weighted by molar-refractivity contribution is 5.23. The van der Waals surface area contributed by atoms with E-state index in [0.717, 1.165) is 37.8 Å². The lowest BCUT2D eigenvalue weighted by atomic mass is 9.75. The van der Waals surface area contributed by atoms with Gasteiger partial charge in [0.15, 0.2) is 0 Å². The minimum atomic E-state index is -0.499. The summed E-state index contributed by atoms with van der Waals surface area (Å²) in [6.07, 6.45) is 7.01. The Morgan fingerprint density at radius 1 is 1.24 bits per heavy atom. The van der Waals surface area contributed by atoms with Crippen LogP contribution < -0.4 is 5.32 Å². The highest BCUT2D eigenvalue weighted by atomic mass is 19.1. The van der Waals surface area contributed by atoms with Gasteiger partial charge in [-0.1, -0.05) is 39.2 Å². The summed E-state index contributed by atoms with van der Waals surface area (Å²) in [5, 5.41) is 3.50. The van der Waals surface area contributed by atoms with Crippen LogP contribution in [0.2, 0.25) is 0 Å². The van der Waals surface area contributed by atoms with E-state index in [1.165, 1.54) is 25.3 Å². The van der Waals surface area contributed by atoms with Gasteiger partial charge in [-0.2, -0.15) is 0 Å². The zero-order chi connectivity index (χ0) is 15.2. The van der Waals surface area contributed by atoms with Crippen LogP contribution in [0.3, 0.4) is 0 Å². The SMILES string of the molecule is CCCNC(c1ccc(F)cc1F)C1CCCC(CC)C1. The molecule has 0 aromatic heterocycles. The Balaban J connectivity index is 2.20. The molecular weight excluding hydrogens is 268 g/mol. The number of rotatable bonds is 6. The average molecular weight is 295 g/mol. The lowest BCUT2D eigenvalue weighted by Crippen LogP contribution is -2.32. The van der Waals surface area contributed by atoms with Crippen LogP contribution in [0, 0.1) is 23.5 Å². The van der Waals surface area contributed by atoms with Crippen molar-refractivity contribution in [1.82, 2.24) is 5.32 Å². The van der Waals surface area contributed by atoms with Gasteiger partial charge in [-0.15, -0.1) is 0 Å². The largest absolute Gasteiger partial charge is 0.310 e. The molecule has 1 N–H and O–H groups in total. The molecule has 1 fully saturated rings. The molecule has 1 aromatic rings. The molecule has 0 aliphatic heterocycles. The molecule has 3 heteroatoms. The first-order valence-corrected chi connectivity index (χ1v) is 8.34. The van der Waals surface area contributed by atoms with Crippen molar-refractivity contribution in [3.63, 3.8) is 0 Å². The molecule has 1 saturated carbocycles. The predicted molar refractivity (Wildman–Crippen MR) is 83.1 cm³/mol. The number of hydrogen-bond acceptors (Lipinski definition) is 1. The van der Waals surface area contributed by atoms with Crippen LogP contribution >= 0.6 is 0 Å². The first-order chi connectivity index (χ1) is 10.2. The van der Waals surface area contributed by atoms with Crippen molar-refractivity contribution in [3.8, 4) is 0 Å². The first-order valence-electron chi connectivity index (χ1n) is 8.34. The molecule has 1 aliphatic rings. The summed E-state index contributed by atoms with van der Waals surface area (Å²) in [5.74, 6) is 0.288. The first kappa shape index (κ1) is 16.4. The third-order valence-corrected chi connectivity index (χ3v) is 4.78. The summed E-state index contributed by atoms with van der Waals surface area (Å²) in [7, 11) is 0. The van der Waals surface area contributed by atoms with Gasteiger partial charge in [0, 0.05) is 17.7 Å². The fraction of sp³-hybridized carbons (Fsp3) is 0.667. The van der Waals surface area contributed by atoms with E-state index < -0.39 is 11.6 Å². The van der Waals surface area contributed by atoms with Crippen LogP contribution in [0.1, 0.15) is 64.0 Å². The van der Waals surface area contributed by atoms with E-state index in [0.29, 0.717) is 11.5 Å². The maximum Gasteiger partial charge on any atom is 0.130 e. The van der Waals surface area contributed by atoms with Crippen LogP contribution in [-0.2, 0) is 0 Å². The second-order valence-corrected chi connectivity index (χ2v) is 6.30. The number of nitrogens with one attached hydrogen (secondary N) is 1. The van der Waals surface area contributed by atoms with E-state index in [9.17, 15) is 8.78 Å². The molecule has 21 heavy (non-hydrogen) atoms. The number of halogens is 2. The number of hydrogen-bond donors (Lipinski definition) is 1. The molecule has 1 aliphatic carbocycles. The molecule has 1 aromatic carbocycles. The van der Waals surface area contributed by atoms with Gasteiger partial charge in [-0.25, -0.2) is 8.78 Å². The van der Waals surface area contributed by atoms with Crippen molar-refractivity contribution >= 4 is 0 Å². The third kappa shape index (κ3) is 4.26. The Hall–Kier alpha value is -0.960. The van der Waals surface area contributed by atoms with Crippen molar-refractivity contribution in [3.05, 3.63) is 35.4 Å². The Morgan fingerprint density at radius 3 is 2.71 bits per heavy atom. The lowest BCUT2D eigenvalue weighted by Gasteiger charge is -2.35. The summed E-state index contributed by atoms with van der Waals surface area (Å²) in [4.78, 5) is 0. The van der Waals surface area contributed by atoms with E-state index in [4.69, 9.17) is 0 Å². The molecule has 3 atom stereocenters. The monoisotopic (exact) mass is 295 g/mol. The normalized spacial score (nSPS) is 24.0. The van der Waals surface area contributed by atoms with Crippen LogP contribution in [0.15, 0.2) is 18.2 Å². The molecule has 3 unspecified atom stereocenters. The Bertz CT molecular complexity index is 447. The quantitative estimate of drug-likeness (QED) is 0.758. The van der Waals surface area contributed by atoms with Gasteiger partial charge in [0.25, 0.3) is 0 Å². The molecule has 0 spiro atoms. The minimum Gasteiger partial charge on any atom is -0.310 e. The van der Waals surface area contributed by atoms with Gasteiger partial charge in [0.2, 0.25) is 0 Å². The topological polar surface area (TPSA) is 12.0 Å². The highest BCUT2D eigenvalue weighted by Gasteiger charge is 2.30. The zero-order valence-electron chi connectivity index (χ0n) is 13.2. The smallest absolute Gasteiger partial charge is 0.130 e. The minimum absolute atomic E-state index is 0.0138. The van der Waals surface area contributed by atoms with E-state index in [-0.39, 0.29) is 6.04 Å². The highest BCUT2D eigenvalue weighted by Crippen LogP contribution is 2.39. The summed E-state index contributed by atoms with van der Waals surface area (Å²) >= 11 is 0. The van der Waals surface area contributed by atoms with Crippen LogP contribution in [0.5, 0.6) is 0 Å². The van der Waals surface area contributed by atoms with Crippen molar-refractivity contribution in [2.24, 2.45) is 11.8 Å². The van der Waals surface area contributed by atoms with Crippen molar-refractivity contribution in [1.29, 1.82) is 0 Å². The fourth-order valence-corrected chi connectivity index (χ4v) is 3.59. The summed E-state index contributed by atoms with van der Waals surface area (Å²) in [5.41, 5.74) is 0.631. The van der Waals surface area contributed by atoms with E-state index in [1.54, 1.807) is 6.07 Å². The predicted octanol–water partition coefficient (Wildman–Crippen LogP) is 5.22. The molecule has 0 bridgehead atoms.